The van der Waals surface area contributed by atoms with Gasteiger partial charge in [-0.25, -0.2) is 0 Å². The van der Waals surface area contributed by atoms with Crippen molar-refractivity contribution in [3.63, 3.8) is 0 Å². The van der Waals surface area contributed by atoms with Crippen LogP contribution in [0, 0.1) is 13.8 Å². The van der Waals surface area contributed by atoms with Crippen LogP contribution >= 0.6 is 0 Å². The number of aryl methyl sites for hydroxylation is 2. The van der Waals surface area contributed by atoms with Crippen molar-refractivity contribution in [2.45, 2.75) is 34.1 Å². The Morgan fingerprint density at radius 3 is 2.37 bits per heavy atom. The van der Waals surface area contributed by atoms with Gasteiger partial charge in [-0.3, -0.25) is 9.59 Å². The SMILES string of the molecule is CCC.COc1cc(/C=C/C(=O)Nc2cccc(C)c2)ccc1C.O=CO.[HH]. The first-order chi connectivity index (χ1) is 12.9. The first-order valence-corrected chi connectivity index (χ1v) is 8.69. The summed E-state index contributed by atoms with van der Waals surface area (Å²) in [6, 6.07) is 13.5. The summed E-state index contributed by atoms with van der Waals surface area (Å²) in [5.41, 5.74) is 3.90. The van der Waals surface area contributed by atoms with Gasteiger partial charge in [-0.2, -0.15) is 0 Å². The summed E-state index contributed by atoms with van der Waals surface area (Å²) in [4.78, 5) is 20.3. The second-order valence-electron chi connectivity index (χ2n) is 5.73. The number of nitrogens with one attached hydrogen (secondary N) is 1. The van der Waals surface area contributed by atoms with E-state index in [1.165, 1.54) is 12.5 Å². The number of hydrogen-bond donors (Lipinski definition) is 2. The largest absolute Gasteiger partial charge is 0.496 e. The van der Waals surface area contributed by atoms with E-state index in [4.69, 9.17) is 14.6 Å². The molecule has 0 aromatic heterocycles. The standard InChI is InChI=1S/C18H19NO2.C3H8.CH2O2.H2/c1-13-5-4-6-16(11-13)19-18(20)10-9-15-8-7-14(2)17(12-15)21-3;1-3-2;2-1-3;/h4-12H,1-3H3,(H,19,20);3H2,1-2H3;1H,(H,2,3);1H/b10-9+;;;. The van der Waals surface area contributed by atoms with Crippen molar-refractivity contribution in [3.8, 4) is 5.75 Å². The van der Waals surface area contributed by atoms with Gasteiger partial charge in [0.05, 0.1) is 7.11 Å². The van der Waals surface area contributed by atoms with Crippen LogP contribution in [0.1, 0.15) is 38.4 Å². The van der Waals surface area contributed by atoms with Crippen LogP contribution in [0.4, 0.5) is 5.69 Å². The van der Waals surface area contributed by atoms with Crippen molar-refractivity contribution in [1.82, 2.24) is 0 Å². The van der Waals surface area contributed by atoms with Gasteiger partial charge in [-0.15, -0.1) is 0 Å². The van der Waals surface area contributed by atoms with Gasteiger partial charge in [0.1, 0.15) is 5.75 Å². The van der Waals surface area contributed by atoms with Crippen LogP contribution in [0.25, 0.3) is 6.08 Å². The second-order valence-corrected chi connectivity index (χ2v) is 5.73. The number of carbonyl (C=O) groups excluding carboxylic acids is 1. The highest BCUT2D eigenvalue weighted by atomic mass is 16.5. The number of carboxylic acid groups (broad SMARTS) is 1. The molecule has 0 atom stereocenters. The summed E-state index contributed by atoms with van der Waals surface area (Å²) in [5.74, 6) is 0.663. The number of rotatable bonds is 4. The van der Waals surface area contributed by atoms with E-state index in [2.05, 4.69) is 19.2 Å². The number of amides is 1. The molecule has 0 heterocycles. The van der Waals surface area contributed by atoms with Crippen LogP contribution in [-0.2, 0) is 9.59 Å². The maximum Gasteiger partial charge on any atom is 0.290 e. The van der Waals surface area contributed by atoms with Crippen LogP contribution in [0.2, 0.25) is 0 Å². The number of benzene rings is 2. The minimum atomic E-state index is -0.250. The zero-order valence-electron chi connectivity index (χ0n) is 16.7. The van der Waals surface area contributed by atoms with Crippen molar-refractivity contribution in [2.24, 2.45) is 0 Å². The monoisotopic (exact) mass is 373 g/mol. The summed E-state index contributed by atoms with van der Waals surface area (Å²) in [5, 5.41) is 9.72. The molecule has 2 aromatic carbocycles. The van der Waals surface area contributed by atoms with E-state index in [1.807, 2.05) is 56.3 Å². The van der Waals surface area contributed by atoms with Crippen LogP contribution in [-0.4, -0.2) is 24.6 Å². The molecule has 27 heavy (non-hydrogen) atoms. The van der Waals surface area contributed by atoms with E-state index in [0.29, 0.717) is 0 Å². The zero-order valence-corrected chi connectivity index (χ0v) is 16.7. The molecule has 0 aliphatic heterocycles. The summed E-state index contributed by atoms with van der Waals surface area (Å²) in [6.45, 7) is 7.97. The van der Waals surface area contributed by atoms with E-state index in [0.717, 1.165) is 28.1 Å². The maximum absolute atomic E-state index is 11.9. The molecule has 5 nitrogen and oxygen atoms in total. The number of methoxy groups -OCH3 is 1. The second kappa shape index (κ2) is 14.1. The summed E-state index contributed by atoms with van der Waals surface area (Å²) in [6.07, 6.45) is 4.54. The lowest BCUT2D eigenvalue weighted by Crippen LogP contribution is -2.07. The van der Waals surface area contributed by atoms with Gasteiger partial charge in [0.25, 0.3) is 6.47 Å². The zero-order chi connectivity index (χ0) is 20.7. The molecular weight excluding hydrogens is 342 g/mol. The van der Waals surface area contributed by atoms with Gasteiger partial charge in [0.2, 0.25) is 5.91 Å². The fraction of sp³-hybridized carbons (Fsp3) is 0.273. The van der Waals surface area contributed by atoms with Crippen molar-refractivity contribution >= 4 is 24.1 Å². The summed E-state index contributed by atoms with van der Waals surface area (Å²) in [7, 11) is 1.64. The topological polar surface area (TPSA) is 75.6 Å². The van der Waals surface area contributed by atoms with Crippen molar-refractivity contribution in [3.05, 3.63) is 65.2 Å². The van der Waals surface area contributed by atoms with Crippen molar-refractivity contribution in [1.29, 1.82) is 0 Å². The summed E-state index contributed by atoms with van der Waals surface area (Å²) >= 11 is 0. The van der Waals surface area contributed by atoms with Gasteiger partial charge < -0.3 is 15.2 Å². The number of ether oxygens (including phenoxy) is 1. The van der Waals surface area contributed by atoms with E-state index >= 15 is 0 Å². The third-order valence-electron chi connectivity index (χ3n) is 3.14. The molecule has 2 N–H and O–H groups in total. The van der Waals surface area contributed by atoms with Gasteiger partial charge in [-0.1, -0.05) is 44.5 Å². The Morgan fingerprint density at radius 1 is 1.19 bits per heavy atom. The van der Waals surface area contributed by atoms with Crippen LogP contribution in [0.5, 0.6) is 5.75 Å². The molecule has 2 aromatic rings. The molecule has 0 bridgehead atoms. The quantitative estimate of drug-likeness (QED) is 0.561. The van der Waals surface area contributed by atoms with Crippen LogP contribution < -0.4 is 10.1 Å². The van der Waals surface area contributed by atoms with Crippen LogP contribution in [0.3, 0.4) is 0 Å². The summed E-state index contributed by atoms with van der Waals surface area (Å²) < 4.78 is 5.27. The molecule has 5 heteroatoms. The smallest absolute Gasteiger partial charge is 0.290 e. The molecule has 0 saturated heterocycles. The molecule has 148 valence electrons. The predicted molar refractivity (Wildman–Crippen MR) is 113 cm³/mol. The number of hydrogen-bond acceptors (Lipinski definition) is 3. The van der Waals surface area contributed by atoms with E-state index < -0.39 is 0 Å². The average molecular weight is 373 g/mol. The van der Waals surface area contributed by atoms with Gasteiger partial charge >= 0.3 is 0 Å². The average Bonchev–Trinajstić information content (AvgIpc) is 2.62. The number of carbonyl (C=O) groups is 2. The minimum absolute atomic E-state index is 0. The first kappa shape index (κ1) is 23.9. The van der Waals surface area contributed by atoms with E-state index in [9.17, 15) is 4.79 Å². The van der Waals surface area contributed by atoms with Crippen molar-refractivity contribution < 1.29 is 20.9 Å². The molecular formula is C22H31NO4. The Morgan fingerprint density at radius 2 is 1.81 bits per heavy atom. The third kappa shape index (κ3) is 10.5. The molecule has 0 saturated carbocycles. The third-order valence-corrected chi connectivity index (χ3v) is 3.14. The highest BCUT2D eigenvalue weighted by molar-refractivity contribution is 6.01. The molecule has 0 aliphatic rings. The Balaban J connectivity index is 0. The predicted octanol–water partition coefficient (Wildman–Crippen LogP) is 5.33. The number of anilines is 1. The normalized spacial score (nSPS) is 9.37. The lowest BCUT2D eigenvalue weighted by molar-refractivity contribution is -0.122. The Kier molecular flexibility index (Phi) is 12.5. The van der Waals surface area contributed by atoms with E-state index in [1.54, 1.807) is 13.2 Å². The Labute approximate surface area is 163 Å². The highest BCUT2D eigenvalue weighted by Crippen LogP contribution is 2.19. The molecule has 0 unspecified atom stereocenters. The fourth-order valence-electron chi connectivity index (χ4n) is 2.02. The Hall–Kier alpha value is -3.08. The molecule has 0 aliphatic carbocycles. The fourth-order valence-corrected chi connectivity index (χ4v) is 2.02. The molecule has 0 radical (unpaired) electrons. The lowest BCUT2D eigenvalue weighted by Gasteiger charge is -2.05. The molecule has 0 spiro atoms. The van der Waals surface area contributed by atoms with E-state index in [-0.39, 0.29) is 13.8 Å². The lowest BCUT2D eigenvalue weighted by atomic mass is 10.1. The molecule has 2 rings (SSSR count). The first-order valence-electron chi connectivity index (χ1n) is 8.69. The Bertz CT molecular complexity index is 745. The van der Waals surface area contributed by atoms with Gasteiger partial charge in [-0.05, 0) is 54.8 Å². The molecule has 0 fully saturated rings. The van der Waals surface area contributed by atoms with Crippen LogP contribution in [0.15, 0.2) is 48.5 Å². The minimum Gasteiger partial charge on any atom is -0.496 e. The van der Waals surface area contributed by atoms with Gasteiger partial charge in [0, 0.05) is 13.2 Å². The highest BCUT2D eigenvalue weighted by Gasteiger charge is 2.00. The molecule has 1 amide bonds. The van der Waals surface area contributed by atoms with Crippen molar-refractivity contribution in [2.75, 3.05) is 12.4 Å². The maximum atomic E-state index is 11.9. The van der Waals surface area contributed by atoms with Gasteiger partial charge in [0.15, 0.2) is 0 Å².